The molecule has 29 heavy (non-hydrogen) atoms. The summed E-state index contributed by atoms with van der Waals surface area (Å²) in [5.41, 5.74) is 1.93. The van der Waals surface area contributed by atoms with Crippen molar-refractivity contribution in [1.82, 2.24) is 20.3 Å². The Balaban J connectivity index is 1.57. The van der Waals surface area contributed by atoms with Crippen molar-refractivity contribution in [2.75, 3.05) is 23.9 Å². The van der Waals surface area contributed by atoms with E-state index in [4.69, 9.17) is 0 Å². The third-order valence-corrected chi connectivity index (χ3v) is 5.06. The van der Waals surface area contributed by atoms with Gasteiger partial charge in [-0.15, -0.1) is 0 Å². The van der Waals surface area contributed by atoms with Gasteiger partial charge in [0.05, 0.1) is 11.1 Å². The van der Waals surface area contributed by atoms with Crippen molar-refractivity contribution in [3.8, 4) is 0 Å². The van der Waals surface area contributed by atoms with E-state index in [0.29, 0.717) is 28.8 Å². The molecule has 0 saturated heterocycles. The fourth-order valence-corrected chi connectivity index (χ4v) is 3.32. The van der Waals surface area contributed by atoms with E-state index >= 15 is 0 Å². The molecule has 2 heterocycles. The second-order valence-corrected chi connectivity index (χ2v) is 7.39. The van der Waals surface area contributed by atoms with E-state index in [-0.39, 0.29) is 17.8 Å². The molecular weight excluding hydrogens is 386 g/mol. The van der Waals surface area contributed by atoms with Crippen LogP contribution in [0.15, 0.2) is 54.7 Å². The summed E-state index contributed by atoms with van der Waals surface area (Å²) in [4.78, 5) is 36.7. The van der Waals surface area contributed by atoms with E-state index in [2.05, 4.69) is 25.6 Å². The Morgan fingerprint density at radius 3 is 2.72 bits per heavy atom. The summed E-state index contributed by atoms with van der Waals surface area (Å²) in [6, 6.07) is 14.7. The van der Waals surface area contributed by atoms with Gasteiger partial charge >= 0.3 is 0 Å². The average molecular weight is 405 g/mol. The second kappa shape index (κ2) is 8.32. The van der Waals surface area contributed by atoms with Gasteiger partial charge in [-0.25, -0.2) is 4.98 Å². The molecule has 8 heteroatoms. The Hall–Kier alpha value is -3.39. The number of hydrogen-bond donors (Lipinski definition) is 3. The van der Waals surface area contributed by atoms with Crippen molar-refractivity contribution >= 4 is 51.3 Å². The molecule has 4 aromatic rings. The lowest BCUT2D eigenvalue weighted by atomic mass is 10.1. The van der Waals surface area contributed by atoms with Crippen LogP contribution in [0.25, 0.3) is 21.8 Å². The van der Waals surface area contributed by atoms with Crippen molar-refractivity contribution in [2.24, 2.45) is 0 Å². The number of benzene rings is 2. The number of rotatable bonds is 6. The molecule has 0 aliphatic heterocycles. The molecular formula is C21H19N5O2S. The molecule has 3 N–H and O–H groups in total. The van der Waals surface area contributed by atoms with Gasteiger partial charge in [0.25, 0.3) is 11.8 Å². The van der Waals surface area contributed by atoms with Gasteiger partial charge in [-0.2, -0.15) is 11.8 Å². The molecule has 0 fully saturated rings. The van der Waals surface area contributed by atoms with Gasteiger partial charge in [-0.05, 0) is 29.8 Å². The second-order valence-electron chi connectivity index (χ2n) is 6.41. The Bertz CT molecular complexity index is 1200. The molecule has 146 valence electrons. The van der Waals surface area contributed by atoms with Crippen molar-refractivity contribution in [3.63, 3.8) is 0 Å². The number of nitrogens with zero attached hydrogens (tertiary/aromatic N) is 2. The van der Waals surface area contributed by atoms with Gasteiger partial charge in [0.1, 0.15) is 11.2 Å². The summed E-state index contributed by atoms with van der Waals surface area (Å²) >= 11 is 1.66. The molecule has 7 nitrogen and oxygen atoms in total. The van der Waals surface area contributed by atoms with Crippen LogP contribution >= 0.6 is 11.8 Å². The van der Waals surface area contributed by atoms with Crippen molar-refractivity contribution in [2.45, 2.75) is 0 Å². The highest BCUT2D eigenvalue weighted by Crippen LogP contribution is 2.20. The Kier molecular flexibility index (Phi) is 5.44. The number of hydrogen-bond acceptors (Lipinski definition) is 5. The summed E-state index contributed by atoms with van der Waals surface area (Å²) in [7, 11) is 0. The number of thioether (sulfide) groups is 1. The Morgan fingerprint density at radius 2 is 1.90 bits per heavy atom. The number of pyridine rings is 1. The number of imidazole rings is 1. The largest absolute Gasteiger partial charge is 0.351 e. The Morgan fingerprint density at radius 1 is 1.07 bits per heavy atom. The van der Waals surface area contributed by atoms with Gasteiger partial charge in [-0.1, -0.05) is 30.3 Å². The van der Waals surface area contributed by atoms with E-state index in [0.717, 1.165) is 16.5 Å². The van der Waals surface area contributed by atoms with Crippen LogP contribution in [0.2, 0.25) is 0 Å². The number of carbonyl (C=O) groups excluding carboxylic acids is 2. The fraction of sp³-hybridized carbons (Fsp3) is 0.143. The van der Waals surface area contributed by atoms with E-state index in [9.17, 15) is 9.59 Å². The highest BCUT2D eigenvalue weighted by Gasteiger charge is 2.15. The van der Waals surface area contributed by atoms with Crippen LogP contribution in [0.3, 0.4) is 0 Å². The zero-order valence-corrected chi connectivity index (χ0v) is 16.5. The first-order chi connectivity index (χ1) is 14.2. The van der Waals surface area contributed by atoms with Crippen LogP contribution < -0.4 is 10.6 Å². The fourth-order valence-electron chi connectivity index (χ4n) is 3.02. The molecule has 0 aliphatic rings. The number of para-hydroxylation sites is 1. The zero-order chi connectivity index (χ0) is 20.2. The number of aromatic nitrogens is 3. The number of nitrogens with one attached hydrogen (secondary N) is 3. The lowest BCUT2D eigenvalue weighted by Gasteiger charge is -2.04. The lowest BCUT2D eigenvalue weighted by molar-refractivity contribution is 0.0956. The number of fused-ring (bicyclic) bond motifs is 2. The number of amides is 2. The number of carbonyl (C=O) groups is 2. The van der Waals surface area contributed by atoms with E-state index < -0.39 is 0 Å². The molecule has 0 atom stereocenters. The van der Waals surface area contributed by atoms with Gasteiger partial charge in [-0.3, -0.25) is 19.9 Å². The van der Waals surface area contributed by atoms with Gasteiger partial charge < -0.3 is 10.3 Å². The van der Waals surface area contributed by atoms with Crippen LogP contribution in [-0.4, -0.2) is 45.3 Å². The van der Waals surface area contributed by atoms with Crippen molar-refractivity contribution < 1.29 is 9.59 Å². The maximum Gasteiger partial charge on any atom is 0.276 e. The summed E-state index contributed by atoms with van der Waals surface area (Å²) in [5.74, 6) is 0.540. The number of H-pyrrole nitrogens is 1. The minimum atomic E-state index is -0.374. The van der Waals surface area contributed by atoms with Crippen molar-refractivity contribution in [1.29, 1.82) is 0 Å². The third-order valence-electron chi connectivity index (χ3n) is 4.44. The molecule has 2 amide bonds. The first-order valence-electron chi connectivity index (χ1n) is 9.08. The number of anilines is 1. The molecule has 0 spiro atoms. The first kappa shape index (κ1) is 18.9. The minimum absolute atomic E-state index is 0.190. The molecule has 0 saturated carbocycles. The summed E-state index contributed by atoms with van der Waals surface area (Å²) in [5, 5.41) is 7.50. The molecule has 2 aromatic carbocycles. The molecule has 4 rings (SSSR count). The predicted octanol–water partition coefficient (Wildman–Crippen LogP) is 3.46. The summed E-state index contributed by atoms with van der Waals surface area (Å²) in [6.45, 7) is 0.581. The van der Waals surface area contributed by atoms with Crippen LogP contribution in [0.1, 0.15) is 20.8 Å². The predicted molar refractivity (Wildman–Crippen MR) is 117 cm³/mol. The topological polar surface area (TPSA) is 99.8 Å². The first-order valence-corrected chi connectivity index (χ1v) is 10.5. The van der Waals surface area contributed by atoms with Gasteiger partial charge in [0.2, 0.25) is 5.95 Å². The van der Waals surface area contributed by atoms with Crippen molar-refractivity contribution in [3.05, 3.63) is 66.0 Å². The average Bonchev–Trinajstić information content (AvgIpc) is 3.15. The quantitative estimate of drug-likeness (QED) is 0.427. The summed E-state index contributed by atoms with van der Waals surface area (Å²) in [6.07, 6.45) is 3.65. The zero-order valence-electron chi connectivity index (χ0n) is 15.7. The molecule has 0 aliphatic carbocycles. The summed E-state index contributed by atoms with van der Waals surface area (Å²) < 4.78 is 0. The minimum Gasteiger partial charge on any atom is -0.351 e. The molecule has 0 radical (unpaired) electrons. The standard InChI is InChI=1S/C21H19N5O2S/c1-29-10-9-22-19(27)15-7-4-8-16-18(15)25-21(24-16)26-20(28)17-11-13-5-2-3-6-14(13)12-23-17/h2-8,11-12H,9-10H2,1H3,(H,22,27)(H2,24,25,26,28). The Labute approximate surface area is 171 Å². The van der Waals surface area contributed by atoms with Gasteiger partial charge in [0, 0.05) is 23.9 Å². The van der Waals surface area contributed by atoms with E-state index in [1.54, 1.807) is 36.2 Å². The van der Waals surface area contributed by atoms with Crippen LogP contribution in [0.5, 0.6) is 0 Å². The lowest BCUT2D eigenvalue weighted by Crippen LogP contribution is -2.25. The third kappa shape index (κ3) is 4.07. The highest BCUT2D eigenvalue weighted by atomic mass is 32.2. The van der Waals surface area contributed by atoms with Crippen LogP contribution in [0.4, 0.5) is 5.95 Å². The monoisotopic (exact) mass is 405 g/mol. The molecule has 0 unspecified atom stereocenters. The van der Waals surface area contributed by atoms with E-state index in [1.165, 1.54) is 0 Å². The molecule has 2 aromatic heterocycles. The normalized spacial score (nSPS) is 10.9. The number of aromatic amines is 1. The van der Waals surface area contributed by atoms with Crippen LogP contribution in [-0.2, 0) is 0 Å². The van der Waals surface area contributed by atoms with Gasteiger partial charge in [0.15, 0.2) is 0 Å². The van der Waals surface area contributed by atoms with Crippen LogP contribution in [0, 0.1) is 0 Å². The SMILES string of the molecule is CSCCNC(=O)c1cccc2[nH]c(NC(=O)c3cc4ccccc4cn3)nc12. The smallest absolute Gasteiger partial charge is 0.276 e. The molecule has 0 bridgehead atoms. The maximum absolute atomic E-state index is 12.6. The maximum atomic E-state index is 12.6. The highest BCUT2D eigenvalue weighted by molar-refractivity contribution is 7.98. The van der Waals surface area contributed by atoms with E-state index in [1.807, 2.05) is 36.6 Å².